The molecule has 0 radical (unpaired) electrons. The summed E-state index contributed by atoms with van der Waals surface area (Å²) in [6.45, 7) is 5.88. The van der Waals surface area contributed by atoms with Crippen molar-refractivity contribution in [3.63, 3.8) is 0 Å². The Kier molecular flexibility index (Phi) is 4.68. The highest BCUT2D eigenvalue weighted by molar-refractivity contribution is 5.98. The van der Waals surface area contributed by atoms with Gasteiger partial charge in [-0.1, -0.05) is 12.1 Å². The smallest absolute Gasteiger partial charge is 0.257 e. The third-order valence-corrected chi connectivity index (χ3v) is 2.28. The number of aryl methyl sites for hydroxylation is 2. The first-order valence-corrected chi connectivity index (χ1v) is 5.60. The molecule has 0 aromatic carbocycles. The van der Waals surface area contributed by atoms with E-state index in [-0.39, 0.29) is 18.4 Å². The highest BCUT2D eigenvalue weighted by Gasteiger charge is 2.19. The van der Waals surface area contributed by atoms with Crippen LogP contribution in [0.4, 0.5) is 0 Å². The molecule has 0 saturated carbocycles. The van der Waals surface area contributed by atoms with Crippen LogP contribution in [0.15, 0.2) is 4.52 Å². The van der Waals surface area contributed by atoms with Crippen LogP contribution in [0.5, 0.6) is 0 Å². The van der Waals surface area contributed by atoms with Gasteiger partial charge in [0.15, 0.2) is 0 Å². The van der Waals surface area contributed by atoms with Crippen LogP contribution >= 0.6 is 0 Å². The molecule has 0 aliphatic heterocycles. The second kappa shape index (κ2) is 6.03. The lowest BCUT2D eigenvalue weighted by Gasteiger charge is -2.05. The highest BCUT2D eigenvalue weighted by Crippen LogP contribution is 2.13. The predicted molar refractivity (Wildman–Crippen MR) is 61.6 cm³/mol. The molecule has 0 bridgehead atoms. The number of carbonyl (C=O) groups excluding carboxylic acids is 2. The molecule has 6 nitrogen and oxygen atoms in total. The molecule has 0 spiro atoms. The molecule has 0 atom stereocenters. The largest absolute Gasteiger partial charge is 0.361 e. The van der Waals surface area contributed by atoms with Crippen molar-refractivity contribution in [3.8, 4) is 0 Å². The molecule has 0 fully saturated rings. The Bertz CT molecular complexity index is 412. The van der Waals surface area contributed by atoms with Crippen molar-refractivity contribution >= 4 is 11.8 Å². The molecule has 0 saturated heterocycles. The maximum atomic E-state index is 11.8. The van der Waals surface area contributed by atoms with Crippen LogP contribution in [0.2, 0.25) is 0 Å². The van der Waals surface area contributed by atoms with Crippen LogP contribution in [0, 0.1) is 6.92 Å². The van der Waals surface area contributed by atoms with E-state index >= 15 is 0 Å². The van der Waals surface area contributed by atoms with Crippen molar-refractivity contribution in [1.29, 1.82) is 0 Å². The van der Waals surface area contributed by atoms with Gasteiger partial charge in [0.25, 0.3) is 5.91 Å². The number of aromatic nitrogens is 1. The van der Waals surface area contributed by atoms with Crippen molar-refractivity contribution in [1.82, 2.24) is 15.8 Å². The van der Waals surface area contributed by atoms with Gasteiger partial charge in [-0.25, -0.2) is 0 Å². The summed E-state index contributed by atoms with van der Waals surface area (Å²) >= 11 is 0. The van der Waals surface area contributed by atoms with E-state index in [2.05, 4.69) is 15.8 Å². The van der Waals surface area contributed by atoms with Crippen LogP contribution in [0.25, 0.3) is 0 Å². The van der Waals surface area contributed by atoms with Crippen LogP contribution in [0.1, 0.15) is 35.7 Å². The summed E-state index contributed by atoms with van der Waals surface area (Å²) in [5.74, 6) is -0.0740. The molecule has 17 heavy (non-hydrogen) atoms. The quantitative estimate of drug-likeness (QED) is 0.779. The van der Waals surface area contributed by atoms with E-state index in [0.717, 1.165) is 0 Å². The molecule has 1 rings (SSSR count). The van der Waals surface area contributed by atoms with E-state index in [4.69, 9.17) is 4.52 Å². The molecule has 0 aliphatic carbocycles. The van der Waals surface area contributed by atoms with E-state index in [1.807, 2.05) is 13.8 Å². The van der Waals surface area contributed by atoms with Gasteiger partial charge in [-0.05, 0) is 20.3 Å². The van der Waals surface area contributed by atoms with Gasteiger partial charge in [0.05, 0.1) is 12.2 Å². The fourth-order valence-electron chi connectivity index (χ4n) is 1.46. The zero-order valence-electron chi connectivity index (χ0n) is 10.3. The van der Waals surface area contributed by atoms with Gasteiger partial charge in [-0.3, -0.25) is 9.59 Å². The third-order valence-electron chi connectivity index (χ3n) is 2.28. The fourth-order valence-corrected chi connectivity index (χ4v) is 1.46. The summed E-state index contributed by atoms with van der Waals surface area (Å²) in [6.07, 6.45) is 0.612. The number of nitrogens with zero attached hydrogens (tertiary/aromatic N) is 1. The second-order valence-corrected chi connectivity index (χ2v) is 3.55. The Morgan fingerprint density at radius 3 is 2.59 bits per heavy atom. The van der Waals surface area contributed by atoms with Crippen molar-refractivity contribution in [3.05, 3.63) is 17.0 Å². The zero-order valence-corrected chi connectivity index (χ0v) is 10.3. The minimum absolute atomic E-state index is 0.0412. The average molecular weight is 239 g/mol. The lowest BCUT2D eigenvalue weighted by Crippen LogP contribution is -2.37. The lowest BCUT2D eigenvalue weighted by atomic mass is 10.1. The lowest BCUT2D eigenvalue weighted by molar-refractivity contribution is -0.120. The molecule has 2 amide bonds. The van der Waals surface area contributed by atoms with E-state index < -0.39 is 0 Å². The van der Waals surface area contributed by atoms with Crippen LogP contribution in [0.3, 0.4) is 0 Å². The molecule has 2 N–H and O–H groups in total. The standard InChI is InChI=1S/C11H17N3O3/c1-4-8-10(7(3)17-14-8)11(16)13-6-9(15)12-5-2/h4-6H2,1-3H3,(H,12,15)(H,13,16). The molecule has 0 aliphatic rings. The van der Waals surface area contributed by atoms with Crippen molar-refractivity contribution in [2.75, 3.05) is 13.1 Å². The first kappa shape index (κ1) is 13.2. The predicted octanol–water partition coefficient (Wildman–Crippen LogP) is 0.411. The fraction of sp³-hybridized carbons (Fsp3) is 0.545. The van der Waals surface area contributed by atoms with Crippen molar-refractivity contribution in [2.45, 2.75) is 27.2 Å². The van der Waals surface area contributed by atoms with Crippen molar-refractivity contribution < 1.29 is 14.1 Å². The summed E-state index contributed by atoms with van der Waals surface area (Å²) in [5, 5.41) is 8.91. The van der Waals surface area contributed by atoms with Gasteiger partial charge in [-0.15, -0.1) is 0 Å². The van der Waals surface area contributed by atoms with Gasteiger partial charge >= 0.3 is 0 Å². The summed E-state index contributed by atoms with van der Waals surface area (Å²) in [7, 11) is 0. The first-order chi connectivity index (χ1) is 8.10. The number of carbonyl (C=O) groups is 2. The Balaban J connectivity index is 2.63. The third kappa shape index (κ3) is 3.30. The van der Waals surface area contributed by atoms with Gasteiger partial charge in [-0.2, -0.15) is 0 Å². The van der Waals surface area contributed by atoms with E-state index in [1.165, 1.54) is 0 Å². The highest BCUT2D eigenvalue weighted by atomic mass is 16.5. The Labute approximate surface area is 99.7 Å². The number of rotatable bonds is 5. The minimum Gasteiger partial charge on any atom is -0.361 e. The number of amides is 2. The summed E-state index contributed by atoms with van der Waals surface area (Å²) < 4.78 is 4.95. The molecule has 0 unspecified atom stereocenters. The van der Waals surface area contributed by atoms with E-state index in [0.29, 0.717) is 30.0 Å². The number of likely N-dealkylation sites (N-methyl/N-ethyl adjacent to an activating group) is 1. The minimum atomic E-state index is -0.327. The normalized spacial score (nSPS) is 10.1. The topological polar surface area (TPSA) is 84.2 Å². The molecule has 1 heterocycles. The first-order valence-electron chi connectivity index (χ1n) is 5.60. The zero-order chi connectivity index (χ0) is 12.8. The van der Waals surface area contributed by atoms with Gasteiger partial charge < -0.3 is 15.2 Å². The number of hydrogen-bond donors (Lipinski definition) is 2. The molecule has 6 heteroatoms. The van der Waals surface area contributed by atoms with Gasteiger partial charge in [0.1, 0.15) is 11.3 Å². The van der Waals surface area contributed by atoms with Crippen LogP contribution in [-0.4, -0.2) is 30.1 Å². The van der Waals surface area contributed by atoms with Crippen LogP contribution < -0.4 is 10.6 Å². The van der Waals surface area contributed by atoms with Crippen LogP contribution in [-0.2, 0) is 11.2 Å². The molecule has 1 aromatic heterocycles. The monoisotopic (exact) mass is 239 g/mol. The van der Waals surface area contributed by atoms with E-state index in [1.54, 1.807) is 6.92 Å². The van der Waals surface area contributed by atoms with Gasteiger partial charge in [0.2, 0.25) is 5.91 Å². The molecule has 1 aromatic rings. The maximum absolute atomic E-state index is 11.8. The molecule has 94 valence electrons. The summed E-state index contributed by atoms with van der Waals surface area (Å²) in [5.41, 5.74) is 1.03. The SMILES string of the molecule is CCNC(=O)CNC(=O)c1c(CC)noc1C. The second-order valence-electron chi connectivity index (χ2n) is 3.55. The van der Waals surface area contributed by atoms with Crippen molar-refractivity contribution in [2.24, 2.45) is 0 Å². The summed E-state index contributed by atoms with van der Waals surface area (Å²) in [6, 6.07) is 0. The maximum Gasteiger partial charge on any atom is 0.257 e. The molecular weight excluding hydrogens is 222 g/mol. The molecular formula is C11H17N3O3. The van der Waals surface area contributed by atoms with E-state index in [9.17, 15) is 9.59 Å². The Hall–Kier alpha value is -1.85. The number of nitrogens with one attached hydrogen (secondary N) is 2. The Morgan fingerprint density at radius 2 is 2.00 bits per heavy atom. The average Bonchev–Trinajstić information content (AvgIpc) is 2.68. The Morgan fingerprint density at radius 1 is 1.29 bits per heavy atom. The number of hydrogen-bond acceptors (Lipinski definition) is 4. The van der Waals surface area contributed by atoms with Gasteiger partial charge in [0, 0.05) is 6.54 Å². The summed E-state index contributed by atoms with van der Waals surface area (Å²) in [4.78, 5) is 23.0.